The van der Waals surface area contributed by atoms with Crippen LogP contribution in [0.4, 0.5) is 27.9 Å². The zero-order chi connectivity index (χ0) is 22.2. The highest BCUT2D eigenvalue weighted by Crippen LogP contribution is 2.33. The number of carbonyl (C=O) groups excluding carboxylic acids is 1. The molecular weight excluding hydrogens is 411 g/mol. The topological polar surface area (TPSA) is 101 Å². The summed E-state index contributed by atoms with van der Waals surface area (Å²) in [5.41, 5.74) is 4.33. The minimum absolute atomic E-state index is 0.000609. The molecule has 0 fully saturated rings. The summed E-state index contributed by atoms with van der Waals surface area (Å²) >= 11 is 0. The highest BCUT2D eigenvalue weighted by atomic mass is 19.4. The highest BCUT2D eigenvalue weighted by molar-refractivity contribution is 5.95. The number of hydrazine groups is 1. The lowest BCUT2D eigenvalue weighted by Gasteiger charge is -2.37. The minimum atomic E-state index is -4.94. The first-order chi connectivity index (χ1) is 14.0. The molecule has 2 heterocycles. The monoisotopic (exact) mass is 428 g/mol. The Labute approximate surface area is 167 Å². The summed E-state index contributed by atoms with van der Waals surface area (Å²) in [6, 6.07) is 1.71. The van der Waals surface area contributed by atoms with E-state index in [0.717, 1.165) is 34.4 Å². The first-order valence-corrected chi connectivity index (χ1v) is 8.70. The lowest BCUT2D eigenvalue weighted by Crippen LogP contribution is -2.49. The first kappa shape index (κ1) is 21.4. The van der Waals surface area contributed by atoms with Crippen molar-refractivity contribution in [2.24, 2.45) is 11.6 Å². The molecule has 12 heteroatoms. The smallest absolute Gasteiger partial charge is 0.399 e. The molecule has 7 nitrogen and oxygen atoms in total. The van der Waals surface area contributed by atoms with Crippen molar-refractivity contribution in [2.45, 2.75) is 25.6 Å². The number of aromatic nitrogens is 2. The van der Waals surface area contributed by atoms with Crippen LogP contribution in [0.5, 0.6) is 0 Å². The standard InChI is InChI=1S/C18H17F5N6O/c1-9-15(24)13(29(25)17-26-7-10(19)8-27-17)5-6-28(9)16(30)11-3-2-4-12(14(11)20)18(21,22)23/h2-4,7-9H,5-6,24-25H2,1H3. The van der Waals surface area contributed by atoms with E-state index in [4.69, 9.17) is 11.6 Å². The minimum Gasteiger partial charge on any atom is -0.399 e. The maximum absolute atomic E-state index is 14.4. The van der Waals surface area contributed by atoms with Crippen molar-refractivity contribution < 1.29 is 26.7 Å². The van der Waals surface area contributed by atoms with Crippen LogP contribution in [0.3, 0.4) is 0 Å². The van der Waals surface area contributed by atoms with Crippen LogP contribution < -0.4 is 16.6 Å². The van der Waals surface area contributed by atoms with Gasteiger partial charge >= 0.3 is 6.18 Å². The zero-order valence-corrected chi connectivity index (χ0v) is 15.6. The molecule has 2 aromatic rings. The van der Waals surface area contributed by atoms with Crippen LogP contribution in [-0.2, 0) is 6.18 Å². The van der Waals surface area contributed by atoms with Gasteiger partial charge in [0.15, 0.2) is 5.82 Å². The van der Waals surface area contributed by atoms with Gasteiger partial charge in [0, 0.05) is 13.0 Å². The molecule has 1 unspecified atom stereocenters. The molecule has 1 aliphatic heterocycles. The maximum atomic E-state index is 14.4. The summed E-state index contributed by atoms with van der Waals surface area (Å²) in [5, 5.41) is 1.04. The molecule has 1 atom stereocenters. The second kappa shape index (κ2) is 7.86. The van der Waals surface area contributed by atoms with Gasteiger partial charge in [0.05, 0.1) is 41.0 Å². The molecule has 1 amide bonds. The molecule has 160 valence electrons. The van der Waals surface area contributed by atoms with E-state index in [1.807, 2.05) is 0 Å². The van der Waals surface area contributed by atoms with E-state index in [9.17, 15) is 26.7 Å². The lowest BCUT2D eigenvalue weighted by atomic mass is 10.0. The Balaban J connectivity index is 1.89. The van der Waals surface area contributed by atoms with Crippen LogP contribution in [0.15, 0.2) is 42.0 Å². The second-order valence-electron chi connectivity index (χ2n) is 6.56. The SMILES string of the molecule is CC1C(N)=C(N(N)c2ncc(F)cn2)CCN1C(=O)c1cccc(C(F)(F)F)c1F. The number of nitrogens with two attached hydrogens (primary N) is 2. The summed E-state index contributed by atoms with van der Waals surface area (Å²) in [7, 11) is 0. The molecule has 30 heavy (non-hydrogen) atoms. The van der Waals surface area contributed by atoms with Crippen LogP contribution >= 0.6 is 0 Å². The van der Waals surface area contributed by atoms with Gasteiger partial charge in [-0.15, -0.1) is 0 Å². The Morgan fingerprint density at radius 1 is 1.23 bits per heavy atom. The van der Waals surface area contributed by atoms with Crippen molar-refractivity contribution in [1.82, 2.24) is 14.9 Å². The first-order valence-electron chi connectivity index (χ1n) is 8.70. The van der Waals surface area contributed by atoms with Crippen LogP contribution in [-0.4, -0.2) is 33.4 Å². The molecule has 0 saturated heterocycles. The number of anilines is 1. The average molecular weight is 428 g/mol. The fraction of sp³-hybridized carbons (Fsp3) is 0.278. The van der Waals surface area contributed by atoms with Gasteiger partial charge in [-0.25, -0.2) is 29.6 Å². The van der Waals surface area contributed by atoms with Crippen molar-refractivity contribution in [3.8, 4) is 0 Å². The van der Waals surface area contributed by atoms with E-state index in [1.165, 1.54) is 6.92 Å². The number of hydrogen-bond acceptors (Lipinski definition) is 6. The molecule has 0 bridgehead atoms. The van der Waals surface area contributed by atoms with Crippen LogP contribution in [0.25, 0.3) is 0 Å². The molecule has 0 aliphatic carbocycles. The zero-order valence-electron chi connectivity index (χ0n) is 15.6. The number of halogens is 5. The Kier molecular flexibility index (Phi) is 5.61. The normalized spacial score (nSPS) is 17.3. The van der Waals surface area contributed by atoms with E-state index in [2.05, 4.69) is 9.97 Å². The Morgan fingerprint density at radius 3 is 2.47 bits per heavy atom. The van der Waals surface area contributed by atoms with Gasteiger partial charge in [0.25, 0.3) is 5.91 Å². The predicted molar refractivity (Wildman–Crippen MR) is 96.4 cm³/mol. The summed E-state index contributed by atoms with van der Waals surface area (Å²) in [6.07, 6.45) is -3.01. The summed E-state index contributed by atoms with van der Waals surface area (Å²) in [4.78, 5) is 21.4. The molecule has 3 rings (SSSR count). The molecule has 4 N–H and O–H groups in total. The fourth-order valence-electron chi connectivity index (χ4n) is 3.13. The number of hydrogen-bond donors (Lipinski definition) is 2. The Bertz CT molecular complexity index is 992. The van der Waals surface area contributed by atoms with Crippen molar-refractivity contribution in [2.75, 3.05) is 11.6 Å². The van der Waals surface area contributed by atoms with Crippen LogP contribution in [0, 0.1) is 11.6 Å². The molecule has 1 aromatic carbocycles. The third-order valence-corrected chi connectivity index (χ3v) is 4.75. The number of alkyl halides is 3. The van der Waals surface area contributed by atoms with Gasteiger partial charge in [-0.05, 0) is 19.1 Å². The average Bonchev–Trinajstić information content (AvgIpc) is 2.69. The van der Waals surface area contributed by atoms with E-state index >= 15 is 0 Å². The Hall–Kier alpha value is -3.28. The van der Waals surface area contributed by atoms with E-state index in [1.54, 1.807) is 0 Å². The highest BCUT2D eigenvalue weighted by Gasteiger charge is 2.38. The number of benzene rings is 1. The van der Waals surface area contributed by atoms with Crippen molar-refractivity contribution in [3.05, 3.63) is 64.7 Å². The van der Waals surface area contributed by atoms with Crippen molar-refractivity contribution >= 4 is 11.9 Å². The van der Waals surface area contributed by atoms with Gasteiger partial charge in [-0.1, -0.05) is 6.07 Å². The second-order valence-corrected chi connectivity index (χ2v) is 6.56. The molecule has 0 saturated carbocycles. The van der Waals surface area contributed by atoms with Gasteiger partial charge in [0.1, 0.15) is 5.82 Å². The molecule has 0 spiro atoms. The summed E-state index contributed by atoms with van der Waals surface area (Å²) < 4.78 is 66.2. The number of carbonyl (C=O) groups is 1. The quantitative estimate of drug-likeness (QED) is 0.443. The molecular formula is C18H17F5N6O. The van der Waals surface area contributed by atoms with Crippen molar-refractivity contribution in [1.29, 1.82) is 0 Å². The van der Waals surface area contributed by atoms with Gasteiger partial charge < -0.3 is 10.6 Å². The third-order valence-electron chi connectivity index (χ3n) is 4.75. The number of rotatable bonds is 3. The van der Waals surface area contributed by atoms with Crippen molar-refractivity contribution in [3.63, 3.8) is 0 Å². The third kappa shape index (κ3) is 3.90. The molecule has 0 radical (unpaired) electrons. The number of amides is 1. The van der Waals surface area contributed by atoms with Crippen LogP contribution in [0.2, 0.25) is 0 Å². The summed E-state index contributed by atoms with van der Waals surface area (Å²) in [5.74, 6) is 2.68. The summed E-state index contributed by atoms with van der Waals surface area (Å²) in [6.45, 7) is 1.53. The van der Waals surface area contributed by atoms with Gasteiger partial charge in [-0.2, -0.15) is 13.2 Å². The molecule has 1 aromatic heterocycles. The van der Waals surface area contributed by atoms with E-state index in [-0.39, 0.29) is 24.6 Å². The Morgan fingerprint density at radius 2 is 1.87 bits per heavy atom. The van der Waals surface area contributed by atoms with Crippen LogP contribution in [0.1, 0.15) is 29.3 Å². The predicted octanol–water partition coefficient (Wildman–Crippen LogP) is 2.56. The largest absolute Gasteiger partial charge is 0.419 e. The number of nitrogens with zero attached hydrogens (tertiary/aromatic N) is 4. The lowest BCUT2D eigenvalue weighted by molar-refractivity contribution is -0.140. The fourth-order valence-corrected chi connectivity index (χ4v) is 3.13. The van der Waals surface area contributed by atoms with E-state index < -0.39 is 40.9 Å². The van der Waals surface area contributed by atoms with Gasteiger partial charge in [-0.3, -0.25) is 4.79 Å². The maximum Gasteiger partial charge on any atom is 0.419 e. The van der Waals surface area contributed by atoms with E-state index in [0.29, 0.717) is 11.8 Å². The molecule has 1 aliphatic rings. The van der Waals surface area contributed by atoms with Gasteiger partial charge in [0.2, 0.25) is 5.95 Å².